The van der Waals surface area contributed by atoms with Crippen molar-refractivity contribution in [2.24, 2.45) is 10.7 Å². The summed E-state index contributed by atoms with van der Waals surface area (Å²) < 4.78 is 8.06. The summed E-state index contributed by atoms with van der Waals surface area (Å²) in [7, 11) is 1.73. The predicted molar refractivity (Wildman–Crippen MR) is 160 cm³/mol. The number of anilines is 1. The normalized spacial score (nSPS) is 13.6. The summed E-state index contributed by atoms with van der Waals surface area (Å²) in [6.45, 7) is 3.92. The van der Waals surface area contributed by atoms with Crippen LogP contribution in [-0.2, 0) is 19.6 Å². The molecule has 5 heterocycles. The fourth-order valence-electron chi connectivity index (χ4n) is 4.94. The molecule has 1 aliphatic rings. The fourth-order valence-corrected chi connectivity index (χ4v) is 4.94. The quantitative estimate of drug-likeness (QED) is 0.251. The Balaban J connectivity index is 1.07. The summed E-state index contributed by atoms with van der Waals surface area (Å²) >= 11 is 0. The van der Waals surface area contributed by atoms with Gasteiger partial charge in [0.2, 0.25) is 0 Å². The zero-order valence-electron chi connectivity index (χ0n) is 22.8. The molecule has 0 radical (unpaired) electrons. The Morgan fingerprint density at radius 2 is 1.93 bits per heavy atom. The minimum Gasteiger partial charge on any atom is -0.492 e. The van der Waals surface area contributed by atoms with Gasteiger partial charge in [0.1, 0.15) is 30.1 Å². The molecule has 0 fully saturated rings. The Morgan fingerprint density at radius 1 is 1.05 bits per heavy atom. The highest BCUT2D eigenvalue weighted by atomic mass is 16.5. The Bertz CT molecular complexity index is 1680. The zero-order valence-corrected chi connectivity index (χ0v) is 22.8. The molecule has 0 atom stereocenters. The number of imidazole rings is 1. The van der Waals surface area contributed by atoms with Gasteiger partial charge in [-0.3, -0.25) is 19.3 Å². The predicted octanol–water partition coefficient (Wildman–Crippen LogP) is 4.19. The minimum absolute atomic E-state index is 0.604. The summed E-state index contributed by atoms with van der Waals surface area (Å²) in [6.07, 6.45) is 12.5. The number of nitrogens with zero attached hydrogens (tertiary/aromatic N) is 7. The highest BCUT2D eigenvalue weighted by molar-refractivity contribution is 6.09. The molecule has 1 aromatic carbocycles. The van der Waals surface area contributed by atoms with Crippen molar-refractivity contribution in [1.82, 2.24) is 29.2 Å². The number of nitrogens with one attached hydrogen (secondary N) is 1. The number of aromatic nitrogens is 5. The summed E-state index contributed by atoms with van der Waals surface area (Å²) in [5.41, 5.74) is 13.8. The molecule has 0 spiro atoms. The Kier molecular flexibility index (Phi) is 7.63. The van der Waals surface area contributed by atoms with Crippen LogP contribution in [0, 0.1) is 0 Å². The second-order valence-corrected chi connectivity index (χ2v) is 9.79. The van der Waals surface area contributed by atoms with E-state index in [0.29, 0.717) is 13.2 Å². The first-order valence-electron chi connectivity index (χ1n) is 13.4. The molecule has 1 aliphatic heterocycles. The van der Waals surface area contributed by atoms with Crippen LogP contribution in [0.5, 0.6) is 5.75 Å². The number of pyridine rings is 2. The maximum Gasteiger partial charge on any atom is 0.140 e. The van der Waals surface area contributed by atoms with Crippen molar-refractivity contribution in [3.63, 3.8) is 0 Å². The number of benzene rings is 1. The largest absolute Gasteiger partial charge is 0.492 e. The third kappa shape index (κ3) is 5.92. The summed E-state index contributed by atoms with van der Waals surface area (Å²) in [6, 6.07) is 16.1. The lowest BCUT2D eigenvalue weighted by Gasteiger charge is -2.15. The molecule has 4 aromatic heterocycles. The van der Waals surface area contributed by atoms with Crippen molar-refractivity contribution in [2.45, 2.75) is 19.6 Å². The molecule has 0 saturated carbocycles. The molecule has 3 N–H and O–H groups in total. The van der Waals surface area contributed by atoms with Crippen molar-refractivity contribution in [3.05, 3.63) is 108 Å². The molecule has 10 heteroatoms. The van der Waals surface area contributed by atoms with E-state index in [9.17, 15) is 0 Å². The van der Waals surface area contributed by atoms with Crippen molar-refractivity contribution < 1.29 is 4.74 Å². The van der Waals surface area contributed by atoms with E-state index in [1.807, 2.05) is 59.5 Å². The van der Waals surface area contributed by atoms with Crippen molar-refractivity contribution in [2.75, 3.05) is 25.5 Å². The van der Waals surface area contributed by atoms with Crippen LogP contribution < -0.4 is 15.8 Å². The van der Waals surface area contributed by atoms with Crippen LogP contribution in [0.1, 0.15) is 22.3 Å². The van der Waals surface area contributed by atoms with E-state index in [1.165, 1.54) is 11.1 Å². The molecule has 0 unspecified atom stereocenters. The highest BCUT2D eigenvalue weighted by Crippen LogP contribution is 2.24. The average Bonchev–Trinajstić information content (AvgIpc) is 3.63. The second kappa shape index (κ2) is 12.0. The summed E-state index contributed by atoms with van der Waals surface area (Å²) in [5.74, 6) is 1.52. The smallest absolute Gasteiger partial charge is 0.140 e. The maximum absolute atomic E-state index is 6.06. The highest BCUT2D eigenvalue weighted by Gasteiger charge is 2.18. The first kappa shape index (κ1) is 26.1. The van der Waals surface area contributed by atoms with Gasteiger partial charge in [-0.1, -0.05) is 24.3 Å². The van der Waals surface area contributed by atoms with Crippen molar-refractivity contribution in [3.8, 4) is 17.1 Å². The van der Waals surface area contributed by atoms with Crippen LogP contribution in [0.15, 0.2) is 90.8 Å². The monoisotopic (exact) mass is 545 g/mol. The molecule has 6 rings (SSSR count). The van der Waals surface area contributed by atoms with E-state index >= 15 is 0 Å². The van der Waals surface area contributed by atoms with E-state index in [1.54, 1.807) is 25.8 Å². The Morgan fingerprint density at radius 3 is 2.76 bits per heavy atom. The van der Waals surface area contributed by atoms with Gasteiger partial charge in [0.05, 0.1) is 17.6 Å². The lowest BCUT2D eigenvalue weighted by atomic mass is 10.1. The lowest BCUT2D eigenvalue weighted by Crippen LogP contribution is -2.22. The fraction of sp³-hybridized carbons (Fsp3) is 0.194. The molecule has 0 bridgehead atoms. The number of hydrogen-bond donors (Lipinski definition) is 2. The minimum atomic E-state index is 0.604. The molecule has 0 amide bonds. The SMILES string of the molecule is CN=CC(=CN)c1ccc(CNc2cc(-c3cnc4cc(OCCN5Cc6ccncc6C5)ccn34)ncn2)cc1. The first-order chi connectivity index (χ1) is 20.2. The van der Waals surface area contributed by atoms with Gasteiger partial charge in [-0.15, -0.1) is 0 Å². The van der Waals surface area contributed by atoms with Gasteiger partial charge in [0.15, 0.2) is 0 Å². The van der Waals surface area contributed by atoms with Gasteiger partial charge in [-0.05, 0) is 34.4 Å². The van der Waals surface area contributed by atoms with Gasteiger partial charge in [-0.25, -0.2) is 15.0 Å². The maximum atomic E-state index is 6.06. The van der Waals surface area contributed by atoms with E-state index in [-0.39, 0.29) is 0 Å². The molecule has 0 saturated heterocycles. The van der Waals surface area contributed by atoms with Crippen LogP contribution >= 0.6 is 0 Å². The molecule has 10 nitrogen and oxygen atoms in total. The van der Waals surface area contributed by atoms with Crippen LogP contribution in [-0.4, -0.2) is 55.7 Å². The van der Waals surface area contributed by atoms with Crippen molar-refractivity contribution in [1.29, 1.82) is 0 Å². The molecule has 0 aliphatic carbocycles. The summed E-state index contributed by atoms with van der Waals surface area (Å²) in [5, 5.41) is 3.39. The number of fused-ring (bicyclic) bond motifs is 2. The second-order valence-electron chi connectivity index (χ2n) is 9.79. The number of rotatable bonds is 10. The van der Waals surface area contributed by atoms with E-state index in [4.69, 9.17) is 10.5 Å². The standard InChI is InChI=1S/C31H31N9O/c1-33-16-25(14-32)23-4-2-22(3-5-23)15-35-30-13-28(37-21-38-30)29-18-36-31-12-27(7-9-40(29)31)41-11-10-39-19-24-6-8-34-17-26(24)20-39/h2-9,12-14,16-18,21H,10-11,15,19-20,32H2,1H3,(H,35,37,38). The molecule has 206 valence electrons. The third-order valence-electron chi connectivity index (χ3n) is 7.09. The Labute approximate surface area is 238 Å². The number of nitrogens with two attached hydrogens (primary N) is 1. The third-order valence-corrected chi connectivity index (χ3v) is 7.09. The van der Waals surface area contributed by atoms with Crippen molar-refractivity contribution >= 4 is 23.3 Å². The zero-order chi connectivity index (χ0) is 28.0. The van der Waals surface area contributed by atoms with E-state index in [0.717, 1.165) is 64.9 Å². The number of ether oxygens (including phenoxy) is 1. The number of allylic oxidation sites excluding steroid dienone is 1. The molecule has 5 aromatic rings. The molecule has 41 heavy (non-hydrogen) atoms. The van der Waals surface area contributed by atoms with Crippen LogP contribution in [0.2, 0.25) is 0 Å². The average molecular weight is 546 g/mol. The van der Waals surface area contributed by atoms with Crippen LogP contribution in [0.3, 0.4) is 0 Å². The first-order valence-corrected chi connectivity index (χ1v) is 13.4. The number of hydrogen-bond acceptors (Lipinski definition) is 9. The van der Waals surface area contributed by atoms with Crippen LogP contribution in [0.25, 0.3) is 22.6 Å². The topological polar surface area (TPSA) is 119 Å². The lowest BCUT2D eigenvalue weighted by molar-refractivity contribution is 0.211. The van der Waals surface area contributed by atoms with Gasteiger partial charge >= 0.3 is 0 Å². The van der Waals surface area contributed by atoms with Crippen LogP contribution in [0.4, 0.5) is 5.82 Å². The van der Waals surface area contributed by atoms with Gasteiger partial charge in [-0.2, -0.15) is 0 Å². The Hall–Kier alpha value is -5.09. The summed E-state index contributed by atoms with van der Waals surface area (Å²) in [4.78, 5) is 24.1. The molecular formula is C31H31N9O. The van der Waals surface area contributed by atoms with Gasteiger partial charge in [0.25, 0.3) is 0 Å². The molecular weight excluding hydrogens is 514 g/mol. The van der Waals surface area contributed by atoms with E-state index < -0.39 is 0 Å². The number of aliphatic imine (C=N–C) groups is 1. The van der Waals surface area contributed by atoms with E-state index in [2.05, 4.69) is 53.3 Å². The van der Waals surface area contributed by atoms with Gasteiger partial charge in [0, 0.05) is 81.9 Å². The van der Waals surface area contributed by atoms with Gasteiger partial charge < -0.3 is 15.8 Å².